The normalized spacial score (nSPS) is 24.4. The zero-order chi connectivity index (χ0) is 16.4. The third-order valence-electron chi connectivity index (χ3n) is 4.00. The van der Waals surface area contributed by atoms with Crippen molar-refractivity contribution in [3.63, 3.8) is 0 Å². The minimum atomic E-state index is -3.67. The smallest absolute Gasteiger partial charge is 0.320 e. The molecule has 0 spiro atoms. The molecule has 2 aromatic rings. The lowest BCUT2D eigenvalue weighted by Crippen LogP contribution is -2.33. The number of nitrogens with one attached hydrogen (secondary N) is 1. The number of carboxylic acid groups (broad SMARTS) is 1. The lowest BCUT2D eigenvalue weighted by atomic mass is 10.1. The molecule has 2 unspecified atom stereocenters. The third-order valence-corrected chi connectivity index (χ3v) is 6.19. The monoisotopic (exact) mass is 332 g/mol. The average molecular weight is 332 g/mol. The predicted octanol–water partition coefficient (Wildman–Crippen LogP) is 1.41. The Hall–Kier alpha value is -2.25. The highest BCUT2D eigenvalue weighted by atomic mass is 32.2. The van der Waals surface area contributed by atoms with Crippen LogP contribution < -0.4 is 5.32 Å². The van der Waals surface area contributed by atoms with Gasteiger partial charge in [0.15, 0.2) is 9.84 Å². The summed E-state index contributed by atoms with van der Waals surface area (Å²) < 4.78 is 25.9. The van der Waals surface area contributed by atoms with Crippen LogP contribution in [-0.2, 0) is 14.6 Å². The van der Waals surface area contributed by atoms with Gasteiger partial charge >= 0.3 is 5.97 Å². The van der Waals surface area contributed by atoms with Crippen molar-refractivity contribution in [3.8, 4) is 0 Å². The highest BCUT2D eigenvalue weighted by Crippen LogP contribution is 2.34. The quantitative estimate of drug-likeness (QED) is 0.879. The van der Waals surface area contributed by atoms with Crippen LogP contribution in [-0.4, -0.2) is 35.8 Å². The van der Waals surface area contributed by atoms with Gasteiger partial charge in [-0.1, -0.05) is 24.3 Å². The summed E-state index contributed by atoms with van der Waals surface area (Å²) >= 11 is 0. The van der Waals surface area contributed by atoms with Crippen LogP contribution in [0, 0.1) is 0 Å². The van der Waals surface area contributed by atoms with Gasteiger partial charge < -0.3 is 5.11 Å². The second-order valence-electron chi connectivity index (χ2n) is 5.42. The van der Waals surface area contributed by atoms with Gasteiger partial charge in [-0.3, -0.25) is 15.1 Å². The summed E-state index contributed by atoms with van der Waals surface area (Å²) in [6, 6.07) is 11.7. The number of aromatic nitrogens is 1. The highest BCUT2D eigenvalue weighted by Gasteiger charge is 2.46. The van der Waals surface area contributed by atoms with Gasteiger partial charge in [0.05, 0.1) is 21.9 Å². The Labute approximate surface area is 134 Å². The van der Waals surface area contributed by atoms with Gasteiger partial charge in [-0.2, -0.15) is 0 Å². The molecule has 120 valence electrons. The van der Waals surface area contributed by atoms with Crippen molar-refractivity contribution in [1.29, 1.82) is 0 Å². The van der Waals surface area contributed by atoms with Crippen LogP contribution in [0.5, 0.6) is 0 Å². The topological polar surface area (TPSA) is 96.4 Å². The van der Waals surface area contributed by atoms with Gasteiger partial charge in [0.1, 0.15) is 6.04 Å². The van der Waals surface area contributed by atoms with E-state index >= 15 is 0 Å². The number of benzene rings is 1. The summed E-state index contributed by atoms with van der Waals surface area (Å²) in [6.07, 6.45) is 1.57. The van der Waals surface area contributed by atoms with Crippen LogP contribution in [0.15, 0.2) is 59.6 Å². The van der Waals surface area contributed by atoms with E-state index in [1.54, 1.807) is 42.6 Å². The summed E-state index contributed by atoms with van der Waals surface area (Å²) in [4.78, 5) is 15.7. The van der Waals surface area contributed by atoms with E-state index in [1.165, 1.54) is 12.1 Å². The molecule has 7 heteroatoms. The van der Waals surface area contributed by atoms with Crippen molar-refractivity contribution in [2.75, 3.05) is 0 Å². The van der Waals surface area contributed by atoms with Crippen LogP contribution in [0.4, 0.5) is 0 Å². The van der Waals surface area contributed by atoms with E-state index in [9.17, 15) is 18.3 Å². The molecule has 0 saturated carbocycles. The minimum absolute atomic E-state index is 0.00774. The number of hydrogen-bond donors (Lipinski definition) is 2. The molecule has 23 heavy (non-hydrogen) atoms. The molecule has 1 aromatic heterocycles. The van der Waals surface area contributed by atoms with Crippen molar-refractivity contribution < 1.29 is 18.3 Å². The predicted molar refractivity (Wildman–Crippen MR) is 83.6 cm³/mol. The number of pyridine rings is 1. The zero-order valence-electron chi connectivity index (χ0n) is 12.2. The van der Waals surface area contributed by atoms with E-state index in [-0.39, 0.29) is 11.3 Å². The molecule has 0 amide bonds. The Morgan fingerprint density at radius 1 is 1.13 bits per heavy atom. The number of sulfone groups is 1. The maximum Gasteiger partial charge on any atom is 0.320 e. The maximum absolute atomic E-state index is 12.9. The molecule has 0 radical (unpaired) electrons. The average Bonchev–Trinajstić information content (AvgIpc) is 3.03. The first-order chi connectivity index (χ1) is 11.0. The molecule has 1 aromatic carbocycles. The van der Waals surface area contributed by atoms with Crippen LogP contribution in [0.25, 0.3) is 0 Å². The van der Waals surface area contributed by atoms with E-state index in [0.717, 1.165) is 0 Å². The fourth-order valence-corrected chi connectivity index (χ4v) is 4.77. The largest absolute Gasteiger partial charge is 0.480 e. The Kier molecular flexibility index (Phi) is 4.14. The Balaban J connectivity index is 2.02. The van der Waals surface area contributed by atoms with Crippen LogP contribution in [0.3, 0.4) is 0 Å². The Morgan fingerprint density at radius 2 is 1.83 bits per heavy atom. The number of hydrogen-bond acceptors (Lipinski definition) is 5. The fraction of sp³-hybridized carbons (Fsp3) is 0.250. The first kappa shape index (κ1) is 15.6. The molecule has 3 rings (SSSR count). The van der Waals surface area contributed by atoms with Gasteiger partial charge in [0.2, 0.25) is 0 Å². The number of carbonyl (C=O) groups is 1. The summed E-state index contributed by atoms with van der Waals surface area (Å²) in [5.74, 6) is -1.06. The standard InChI is InChI=1S/C16H16N2O4S/c19-16(20)13-10-14(15(18-13)12-8-4-5-9-17-12)23(21,22)11-6-2-1-3-7-11/h1-9,13-15,18H,10H2,(H,19,20)/t13-,14?,15?/m0/s1. The number of nitrogens with zero attached hydrogens (tertiary/aromatic N) is 1. The summed E-state index contributed by atoms with van der Waals surface area (Å²) in [5, 5.41) is 11.3. The Bertz CT molecular complexity index is 793. The van der Waals surface area contributed by atoms with Crippen LogP contribution in [0.2, 0.25) is 0 Å². The van der Waals surface area contributed by atoms with Crippen molar-refractivity contribution in [2.24, 2.45) is 0 Å². The maximum atomic E-state index is 12.9. The number of aliphatic carboxylic acids is 1. The van der Waals surface area contributed by atoms with E-state index in [1.807, 2.05) is 0 Å². The second-order valence-corrected chi connectivity index (χ2v) is 7.59. The Morgan fingerprint density at radius 3 is 2.43 bits per heavy atom. The van der Waals surface area contributed by atoms with Crippen molar-refractivity contribution in [1.82, 2.24) is 10.3 Å². The molecule has 1 saturated heterocycles. The molecule has 6 nitrogen and oxygen atoms in total. The second kappa shape index (κ2) is 6.10. The first-order valence-electron chi connectivity index (χ1n) is 7.19. The fourth-order valence-electron chi connectivity index (χ4n) is 2.86. The van der Waals surface area contributed by atoms with E-state index in [0.29, 0.717) is 5.69 Å². The van der Waals surface area contributed by atoms with Gasteiger partial charge in [-0.25, -0.2) is 8.42 Å². The third kappa shape index (κ3) is 2.97. The lowest BCUT2D eigenvalue weighted by molar-refractivity contribution is -0.139. The van der Waals surface area contributed by atoms with Crippen molar-refractivity contribution in [3.05, 3.63) is 60.4 Å². The highest BCUT2D eigenvalue weighted by molar-refractivity contribution is 7.92. The molecular formula is C16H16N2O4S. The molecule has 0 aliphatic carbocycles. The SMILES string of the molecule is O=C(O)[C@@H]1CC(S(=O)(=O)c2ccccc2)C(c2ccccn2)N1. The molecule has 2 N–H and O–H groups in total. The molecule has 1 aliphatic heterocycles. The summed E-state index contributed by atoms with van der Waals surface area (Å²) in [5.41, 5.74) is 0.528. The summed E-state index contributed by atoms with van der Waals surface area (Å²) in [7, 11) is -3.67. The van der Waals surface area contributed by atoms with Gasteiger partial charge in [0, 0.05) is 6.20 Å². The van der Waals surface area contributed by atoms with Crippen LogP contribution in [0.1, 0.15) is 18.2 Å². The zero-order valence-corrected chi connectivity index (χ0v) is 13.0. The first-order valence-corrected chi connectivity index (χ1v) is 8.73. The molecule has 2 heterocycles. The van der Waals surface area contributed by atoms with E-state index in [2.05, 4.69) is 10.3 Å². The minimum Gasteiger partial charge on any atom is -0.480 e. The number of rotatable bonds is 4. The van der Waals surface area contributed by atoms with Crippen LogP contribution >= 0.6 is 0 Å². The van der Waals surface area contributed by atoms with E-state index < -0.39 is 33.1 Å². The molecule has 1 aliphatic rings. The van der Waals surface area contributed by atoms with Gasteiger partial charge in [0.25, 0.3) is 0 Å². The molecule has 1 fully saturated rings. The van der Waals surface area contributed by atoms with Crippen molar-refractivity contribution in [2.45, 2.75) is 28.6 Å². The lowest BCUT2D eigenvalue weighted by Gasteiger charge is -2.19. The van der Waals surface area contributed by atoms with E-state index in [4.69, 9.17) is 0 Å². The molecule has 0 bridgehead atoms. The molecule has 3 atom stereocenters. The molecular weight excluding hydrogens is 316 g/mol. The number of carboxylic acids is 1. The van der Waals surface area contributed by atoms with Gasteiger partial charge in [-0.15, -0.1) is 0 Å². The van der Waals surface area contributed by atoms with Crippen molar-refractivity contribution >= 4 is 15.8 Å². The van der Waals surface area contributed by atoms with Gasteiger partial charge in [-0.05, 0) is 30.7 Å². The summed E-state index contributed by atoms with van der Waals surface area (Å²) in [6.45, 7) is 0.